The number of para-hydroxylation sites is 1. The van der Waals surface area contributed by atoms with E-state index in [1.165, 1.54) is 41.6 Å². The Hall–Kier alpha value is -2.34. The summed E-state index contributed by atoms with van der Waals surface area (Å²) in [5.41, 5.74) is 2.69. The zero-order valence-corrected chi connectivity index (χ0v) is 15.6. The molecule has 0 aliphatic carbocycles. The Bertz CT molecular complexity index is 810. The summed E-state index contributed by atoms with van der Waals surface area (Å²) in [6.45, 7) is 4.61. The number of hydrogen-bond acceptors (Lipinski definition) is 3. The summed E-state index contributed by atoms with van der Waals surface area (Å²) in [6, 6.07) is 13.6. The predicted molar refractivity (Wildman–Crippen MR) is 104 cm³/mol. The van der Waals surface area contributed by atoms with Gasteiger partial charge in [-0.15, -0.1) is 11.8 Å². The normalized spacial score (nSPS) is 16.9. The minimum atomic E-state index is -0.350. The minimum Gasteiger partial charge on any atom is -0.325 e. The number of nitrogens with zero attached hydrogens (tertiary/aromatic N) is 1. The first-order chi connectivity index (χ1) is 12.5. The van der Waals surface area contributed by atoms with Gasteiger partial charge >= 0.3 is 0 Å². The fourth-order valence-electron chi connectivity index (χ4n) is 3.05. The van der Waals surface area contributed by atoms with Crippen LogP contribution < -0.4 is 10.2 Å². The zero-order valence-electron chi connectivity index (χ0n) is 14.7. The Labute approximate surface area is 156 Å². The van der Waals surface area contributed by atoms with Crippen molar-refractivity contribution in [1.29, 1.82) is 0 Å². The van der Waals surface area contributed by atoms with Gasteiger partial charge in [0.25, 0.3) is 0 Å². The van der Waals surface area contributed by atoms with E-state index in [0.717, 1.165) is 5.69 Å². The van der Waals surface area contributed by atoms with Crippen LogP contribution in [0.4, 0.5) is 15.8 Å². The van der Waals surface area contributed by atoms with Crippen LogP contribution in [0.15, 0.2) is 48.5 Å². The van der Waals surface area contributed by atoms with Crippen molar-refractivity contribution in [2.75, 3.05) is 22.5 Å². The SMILES string of the molecule is C[C@H](SCC(=O)Nc1ccc(F)cc1)C(=O)N1C[C@@H](C)c2ccccc21. The highest BCUT2D eigenvalue weighted by molar-refractivity contribution is 8.01. The number of thioether (sulfide) groups is 1. The third kappa shape index (κ3) is 4.07. The molecular formula is C20H21FN2O2S. The van der Waals surface area contributed by atoms with E-state index in [4.69, 9.17) is 0 Å². The van der Waals surface area contributed by atoms with E-state index >= 15 is 0 Å². The molecule has 2 amide bonds. The smallest absolute Gasteiger partial charge is 0.239 e. The Balaban J connectivity index is 1.55. The molecule has 0 spiro atoms. The maximum atomic E-state index is 12.9. The van der Waals surface area contributed by atoms with Crippen LogP contribution in [0, 0.1) is 5.82 Å². The van der Waals surface area contributed by atoms with Crippen LogP contribution in [0.25, 0.3) is 0 Å². The first-order valence-corrected chi connectivity index (χ1v) is 9.58. The molecule has 6 heteroatoms. The standard InChI is InChI=1S/C20H21FN2O2S/c1-13-11-23(18-6-4-3-5-17(13)18)20(25)14(2)26-12-19(24)22-16-9-7-15(21)8-10-16/h3-10,13-14H,11-12H2,1-2H3,(H,22,24)/t13-,14+/m1/s1. The highest BCUT2D eigenvalue weighted by Crippen LogP contribution is 2.36. The number of rotatable bonds is 5. The third-order valence-electron chi connectivity index (χ3n) is 4.42. The second-order valence-electron chi connectivity index (χ2n) is 6.42. The van der Waals surface area contributed by atoms with E-state index in [0.29, 0.717) is 18.2 Å². The molecule has 136 valence electrons. The lowest BCUT2D eigenvalue weighted by molar-refractivity contribution is -0.117. The second-order valence-corrected chi connectivity index (χ2v) is 7.75. The molecule has 4 nitrogen and oxygen atoms in total. The van der Waals surface area contributed by atoms with Crippen LogP contribution >= 0.6 is 11.8 Å². The lowest BCUT2D eigenvalue weighted by atomic mass is 10.0. The summed E-state index contributed by atoms with van der Waals surface area (Å²) < 4.78 is 12.9. The van der Waals surface area contributed by atoms with Gasteiger partial charge in [-0.2, -0.15) is 0 Å². The van der Waals surface area contributed by atoms with Gasteiger partial charge in [0.1, 0.15) is 5.82 Å². The summed E-state index contributed by atoms with van der Waals surface area (Å²) in [5, 5.41) is 2.38. The third-order valence-corrected chi connectivity index (χ3v) is 5.55. The van der Waals surface area contributed by atoms with Gasteiger partial charge in [0.05, 0.1) is 11.0 Å². The van der Waals surface area contributed by atoms with Crippen molar-refractivity contribution in [1.82, 2.24) is 0 Å². The predicted octanol–water partition coefficient (Wildman–Crippen LogP) is 4.04. The van der Waals surface area contributed by atoms with Crippen molar-refractivity contribution in [3.8, 4) is 0 Å². The highest BCUT2D eigenvalue weighted by atomic mass is 32.2. The molecule has 26 heavy (non-hydrogen) atoms. The molecule has 1 N–H and O–H groups in total. The molecule has 2 atom stereocenters. The van der Waals surface area contributed by atoms with Crippen molar-refractivity contribution in [2.24, 2.45) is 0 Å². The number of amides is 2. The number of carbonyl (C=O) groups is 2. The molecule has 2 aromatic rings. The summed E-state index contributed by atoms with van der Waals surface area (Å²) in [5.74, 6) is -0.0707. The summed E-state index contributed by atoms with van der Waals surface area (Å²) >= 11 is 1.30. The summed E-state index contributed by atoms with van der Waals surface area (Å²) in [7, 11) is 0. The topological polar surface area (TPSA) is 49.4 Å². The molecule has 0 aromatic heterocycles. The fraction of sp³-hybridized carbons (Fsp3) is 0.300. The van der Waals surface area contributed by atoms with Crippen LogP contribution in [-0.2, 0) is 9.59 Å². The van der Waals surface area contributed by atoms with Crippen LogP contribution in [0.3, 0.4) is 0 Å². The van der Waals surface area contributed by atoms with Gasteiger partial charge < -0.3 is 10.2 Å². The molecule has 1 heterocycles. The van der Waals surface area contributed by atoms with E-state index in [1.54, 1.807) is 0 Å². The number of anilines is 2. The molecule has 1 aliphatic rings. The minimum absolute atomic E-state index is 0.0152. The van der Waals surface area contributed by atoms with Gasteiger partial charge in [0.15, 0.2) is 0 Å². The highest BCUT2D eigenvalue weighted by Gasteiger charge is 2.32. The van der Waals surface area contributed by atoms with Gasteiger partial charge in [-0.05, 0) is 42.8 Å². The van der Waals surface area contributed by atoms with Gasteiger partial charge in [-0.25, -0.2) is 4.39 Å². The van der Waals surface area contributed by atoms with Crippen molar-refractivity contribution < 1.29 is 14.0 Å². The Morgan fingerprint density at radius 1 is 1.23 bits per heavy atom. The van der Waals surface area contributed by atoms with Crippen molar-refractivity contribution in [3.05, 3.63) is 59.9 Å². The van der Waals surface area contributed by atoms with Crippen LogP contribution in [0.1, 0.15) is 25.3 Å². The first-order valence-electron chi connectivity index (χ1n) is 8.53. The van der Waals surface area contributed by atoms with E-state index in [-0.39, 0.29) is 28.6 Å². The number of benzene rings is 2. The monoisotopic (exact) mass is 372 g/mol. The molecule has 2 aromatic carbocycles. The second kappa shape index (κ2) is 7.91. The van der Waals surface area contributed by atoms with Crippen LogP contribution in [-0.4, -0.2) is 29.4 Å². The summed E-state index contributed by atoms with van der Waals surface area (Å²) in [4.78, 5) is 26.7. The molecular weight excluding hydrogens is 351 g/mol. The molecule has 3 rings (SSSR count). The van der Waals surface area contributed by atoms with Crippen LogP contribution in [0.2, 0.25) is 0 Å². The maximum absolute atomic E-state index is 12.9. The molecule has 0 saturated carbocycles. The number of halogens is 1. The fourth-order valence-corrected chi connectivity index (χ4v) is 3.79. The maximum Gasteiger partial charge on any atom is 0.239 e. The molecule has 0 unspecified atom stereocenters. The average molecular weight is 372 g/mol. The molecule has 0 bridgehead atoms. The van der Waals surface area contributed by atoms with Crippen LogP contribution in [0.5, 0.6) is 0 Å². The van der Waals surface area contributed by atoms with E-state index in [9.17, 15) is 14.0 Å². The Morgan fingerprint density at radius 2 is 1.92 bits per heavy atom. The Morgan fingerprint density at radius 3 is 2.65 bits per heavy atom. The van der Waals surface area contributed by atoms with E-state index in [1.807, 2.05) is 30.0 Å². The Kier molecular flexibility index (Phi) is 5.61. The molecule has 0 saturated heterocycles. The molecule has 0 radical (unpaired) electrons. The van der Waals surface area contributed by atoms with Crippen molar-refractivity contribution >= 4 is 35.0 Å². The lowest BCUT2D eigenvalue weighted by Gasteiger charge is -2.21. The first kappa shape index (κ1) is 18.5. The van der Waals surface area contributed by atoms with Gasteiger partial charge in [0, 0.05) is 23.8 Å². The zero-order chi connectivity index (χ0) is 18.7. The number of hydrogen-bond donors (Lipinski definition) is 1. The van der Waals surface area contributed by atoms with Gasteiger partial charge in [0.2, 0.25) is 11.8 Å². The van der Waals surface area contributed by atoms with Gasteiger partial charge in [-0.3, -0.25) is 9.59 Å². The quantitative estimate of drug-likeness (QED) is 0.862. The number of carbonyl (C=O) groups excluding carboxylic acids is 2. The number of fused-ring (bicyclic) bond motifs is 1. The van der Waals surface area contributed by atoms with E-state index in [2.05, 4.69) is 18.3 Å². The van der Waals surface area contributed by atoms with E-state index < -0.39 is 0 Å². The molecule has 0 fully saturated rings. The van der Waals surface area contributed by atoms with Crippen molar-refractivity contribution in [3.63, 3.8) is 0 Å². The summed E-state index contributed by atoms with van der Waals surface area (Å²) in [6.07, 6.45) is 0. The average Bonchev–Trinajstić information content (AvgIpc) is 2.98. The molecule has 1 aliphatic heterocycles. The number of nitrogens with one attached hydrogen (secondary N) is 1. The lowest BCUT2D eigenvalue weighted by Crippen LogP contribution is -2.36. The largest absolute Gasteiger partial charge is 0.325 e. The van der Waals surface area contributed by atoms with Gasteiger partial charge in [-0.1, -0.05) is 25.1 Å². The van der Waals surface area contributed by atoms with Crippen molar-refractivity contribution in [2.45, 2.75) is 25.0 Å².